The SMILES string of the molecule is C#CCCNC(=O)NC1CCC(C(=O)O)C(C)(C)C1C. The van der Waals surface area contributed by atoms with Crippen molar-refractivity contribution in [1.82, 2.24) is 10.6 Å². The van der Waals surface area contributed by atoms with E-state index in [9.17, 15) is 14.7 Å². The smallest absolute Gasteiger partial charge is 0.315 e. The number of carboxylic acid groups (broad SMARTS) is 1. The molecule has 0 bridgehead atoms. The molecular weight excluding hydrogens is 256 g/mol. The van der Waals surface area contributed by atoms with E-state index in [-0.39, 0.29) is 29.3 Å². The van der Waals surface area contributed by atoms with E-state index in [1.807, 2.05) is 20.8 Å². The van der Waals surface area contributed by atoms with Crippen LogP contribution in [0.2, 0.25) is 0 Å². The van der Waals surface area contributed by atoms with Gasteiger partial charge in [0, 0.05) is 19.0 Å². The summed E-state index contributed by atoms with van der Waals surface area (Å²) in [6.07, 6.45) is 6.89. The number of carboxylic acids is 1. The average Bonchev–Trinajstić information content (AvgIpc) is 2.35. The number of nitrogens with one attached hydrogen (secondary N) is 2. The van der Waals surface area contributed by atoms with Gasteiger partial charge in [-0.05, 0) is 24.2 Å². The lowest BCUT2D eigenvalue weighted by molar-refractivity contribution is -0.150. The van der Waals surface area contributed by atoms with Crippen LogP contribution in [0.3, 0.4) is 0 Å². The number of amides is 2. The lowest BCUT2D eigenvalue weighted by Gasteiger charge is -2.46. The Hall–Kier alpha value is -1.70. The summed E-state index contributed by atoms with van der Waals surface area (Å²) < 4.78 is 0. The van der Waals surface area contributed by atoms with E-state index in [1.165, 1.54) is 0 Å². The molecule has 1 rings (SSSR count). The third kappa shape index (κ3) is 3.66. The standard InChI is InChI=1S/C15H24N2O3/c1-5-6-9-16-14(20)17-12-8-7-11(13(18)19)15(3,4)10(12)2/h1,10-12H,6-9H2,2-4H3,(H,18,19)(H2,16,17,20). The summed E-state index contributed by atoms with van der Waals surface area (Å²) in [5, 5.41) is 14.9. The van der Waals surface area contributed by atoms with E-state index in [0.717, 1.165) is 0 Å². The largest absolute Gasteiger partial charge is 0.481 e. The first-order valence-corrected chi connectivity index (χ1v) is 7.01. The predicted molar refractivity (Wildman–Crippen MR) is 77.1 cm³/mol. The Balaban J connectivity index is 2.60. The Bertz CT molecular complexity index is 412. The van der Waals surface area contributed by atoms with Crippen LogP contribution in [0.1, 0.15) is 40.0 Å². The van der Waals surface area contributed by atoms with E-state index in [0.29, 0.717) is 25.8 Å². The molecule has 2 amide bonds. The Morgan fingerprint density at radius 2 is 2.05 bits per heavy atom. The second-order valence-corrected chi connectivity index (χ2v) is 6.04. The molecule has 0 aliphatic heterocycles. The third-order valence-electron chi connectivity index (χ3n) is 4.61. The molecule has 112 valence electrons. The van der Waals surface area contributed by atoms with Gasteiger partial charge in [0.05, 0.1) is 5.92 Å². The molecule has 3 N–H and O–H groups in total. The summed E-state index contributed by atoms with van der Waals surface area (Å²) in [6.45, 7) is 6.37. The van der Waals surface area contributed by atoms with Crippen molar-refractivity contribution in [1.29, 1.82) is 0 Å². The third-order valence-corrected chi connectivity index (χ3v) is 4.61. The molecular formula is C15H24N2O3. The molecule has 0 radical (unpaired) electrons. The maximum absolute atomic E-state index is 11.8. The summed E-state index contributed by atoms with van der Waals surface area (Å²) in [6, 6.07) is -0.242. The van der Waals surface area contributed by atoms with Crippen LogP contribution in [-0.2, 0) is 4.79 Å². The second kappa shape index (κ2) is 6.65. The van der Waals surface area contributed by atoms with Gasteiger partial charge >= 0.3 is 12.0 Å². The molecule has 0 aromatic heterocycles. The van der Waals surface area contributed by atoms with Gasteiger partial charge < -0.3 is 15.7 Å². The summed E-state index contributed by atoms with van der Waals surface area (Å²) >= 11 is 0. The lowest BCUT2D eigenvalue weighted by atomic mass is 9.61. The van der Waals surface area contributed by atoms with Gasteiger partial charge in [0.1, 0.15) is 0 Å². The van der Waals surface area contributed by atoms with Crippen molar-refractivity contribution in [3.8, 4) is 12.3 Å². The highest BCUT2D eigenvalue weighted by Crippen LogP contribution is 2.44. The maximum Gasteiger partial charge on any atom is 0.315 e. The minimum atomic E-state index is -0.751. The molecule has 0 heterocycles. The minimum absolute atomic E-state index is 0.00793. The Labute approximate surface area is 120 Å². The summed E-state index contributed by atoms with van der Waals surface area (Å²) in [5.74, 6) is 1.44. The van der Waals surface area contributed by atoms with Crippen LogP contribution in [-0.4, -0.2) is 29.7 Å². The predicted octanol–water partition coefficient (Wildman–Crippen LogP) is 1.83. The number of hydrogen-bond donors (Lipinski definition) is 3. The van der Waals surface area contributed by atoms with Crippen molar-refractivity contribution < 1.29 is 14.7 Å². The van der Waals surface area contributed by atoms with Gasteiger partial charge in [-0.2, -0.15) is 0 Å². The highest BCUT2D eigenvalue weighted by molar-refractivity contribution is 5.74. The quantitative estimate of drug-likeness (QED) is 0.543. The van der Waals surface area contributed by atoms with E-state index in [1.54, 1.807) is 0 Å². The first-order chi connectivity index (χ1) is 9.30. The highest BCUT2D eigenvalue weighted by atomic mass is 16.4. The fraction of sp³-hybridized carbons (Fsp3) is 0.733. The van der Waals surface area contributed by atoms with E-state index in [2.05, 4.69) is 16.6 Å². The molecule has 5 heteroatoms. The fourth-order valence-corrected chi connectivity index (χ4v) is 2.91. The van der Waals surface area contributed by atoms with Gasteiger partial charge in [-0.1, -0.05) is 20.8 Å². The molecule has 1 aliphatic carbocycles. The van der Waals surface area contributed by atoms with Gasteiger partial charge in [0.15, 0.2) is 0 Å². The summed E-state index contributed by atoms with van der Waals surface area (Å²) in [5.41, 5.74) is -0.346. The van der Waals surface area contributed by atoms with Crippen LogP contribution in [0.15, 0.2) is 0 Å². The number of carbonyl (C=O) groups excluding carboxylic acids is 1. The summed E-state index contributed by atoms with van der Waals surface area (Å²) in [4.78, 5) is 23.1. The highest BCUT2D eigenvalue weighted by Gasteiger charge is 2.46. The molecule has 0 aromatic carbocycles. The van der Waals surface area contributed by atoms with Crippen LogP contribution < -0.4 is 10.6 Å². The van der Waals surface area contributed by atoms with Crippen molar-refractivity contribution in [2.45, 2.75) is 46.1 Å². The Morgan fingerprint density at radius 3 is 2.60 bits per heavy atom. The maximum atomic E-state index is 11.8. The Morgan fingerprint density at radius 1 is 1.40 bits per heavy atom. The van der Waals surface area contributed by atoms with Gasteiger partial charge in [-0.15, -0.1) is 12.3 Å². The second-order valence-electron chi connectivity index (χ2n) is 6.04. The topological polar surface area (TPSA) is 78.4 Å². The number of terminal acetylenes is 1. The van der Waals surface area contributed by atoms with Crippen LogP contribution >= 0.6 is 0 Å². The number of aliphatic carboxylic acids is 1. The zero-order chi connectivity index (χ0) is 15.3. The molecule has 1 aliphatic rings. The first-order valence-electron chi connectivity index (χ1n) is 7.01. The average molecular weight is 280 g/mol. The van der Waals surface area contributed by atoms with Gasteiger partial charge in [-0.25, -0.2) is 4.79 Å². The first kappa shape index (κ1) is 16.4. The van der Waals surface area contributed by atoms with Gasteiger partial charge in [0.25, 0.3) is 0 Å². The monoisotopic (exact) mass is 280 g/mol. The van der Waals surface area contributed by atoms with Crippen LogP contribution in [0.4, 0.5) is 4.79 Å². The molecule has 0 spiro atoms. The van der Waals surface area contributed by atoms with Crippen molar-refractivity contribution in [3.05, 3.63) is 0 Å². The van der Waals surface area contributed by atoms with E-state index >= 15 is 0 Å². The normalized spacial score (nSPS) is 28.2. The van der Waals surface area contributed by atoms with Crippen molar-refractivity contribution in [2.24, 2.45) is 17.3 Å². The van der Waals surface area contributed by atoms with Gasteiger partial charge in [-0.3, -0.25) is 4.79 Å². The van der Waals surface area contributed by atoms with Crippen molar-refractivity contribution >= 4 is 12.0 Å². The number of hydrogen-bond acceptors (Lipinski definition) is 2. The van der Waals surface area contributed by atoms with Crippen LogP contribution in [0, 0.1) is 29.6 Å². The molecule has 20 heavy (non-hydrogen) atoms. The van der Waals surface area contributed by atoms with E-state index < -0.39 is 5.97 Å². The van der Waals surface area contributed by atoms with Crippen LogP contribution in [0.5, 0.6) is 0 Å². The Kier molecular flexibility index (Phi) is 5.43. The van der Waals surface area contributed by atoms with Crippen molar-refractivity contribution in [3.63, 3.8) is 0 Å². The molecule has 1 fully saturated rings. The number of carbonyl (C=O) groups is 2. The molecule has 3 atom stereocenters. The summed E-state index contributed by atoms with van der Waals surface area (Å²) in [7, 11) is 0. The zero-order valence-electron chi connectivity index (χ0n) is 12.4. The number of rotatable bonds is 4. The molecule has 3 unspecified atom stereocenters. The lowest BCUT2D eigenvalue weighted by Crippen LogP contribution is -2.54. The molecule has 0 saturated heterocycles. The molecule has 1 saturated carbocycles. The molecule has 5 nitrogen and oxygen atoms in total. The number of urea groups is 1. The van der Waals surface area contributed by atoms with E-state index in [4.69, 9.17) is 6.42 Å². The fourth-order valence-electron chi connectivity index (χ4n) is 2.91. The van der Waals surface area contributed by atoms with Gasteiger partial charge in [0.2, 0.25) is 0 Å². The zero-order valence-corrected chi connectivity index (χ0v) is 12.4. The minimum Gasteiger partial charge on any atom is -0.481 e. The van der Waals surface area contributed by atoms with Crippen molar-refractivity contribution in [2.75, 3.05) is 6.54 Å². The molecule has 0 aromatic rings. The van der Waals surface area contributed by atoms with Crippen LogP contribution in [0.25, 0.3) is 0 Å².